The number of nitrogens with one attached hydrogen (secondary N) is 1. The summed E-state index contributed by atoms with van der Waals surface area (Å²) in [5.74, 6) is -0.295. The number of aliphatic hydroxyl groups is 1. The van der Waals surface area contributed by atoms with E-state index in [-0.39, 0.29) is 11.4 Å². The molecule has 0 bridgehead atoms. The number of benzene rings is 2. The van der Waals surface area contributed by atoms with Crippen LogP contribution in [0.25, 0.3) is 0 Å². The zero-order valence-corrected chi connectivity index (χ0v) is 15.0. The van der Waals surface area contributed by atoms with Gasteiger partial charge in [0.2, 0.25) is 0 Å². The highest BCUT2D eigenvalue weighted by Gasteiger charge is 2.35. The van der Waals surface area contributed by atoms with Crippen molar-refractivity contribution in [2.75, 3.05) is 19.0 Å². The van der Waals surface area contributed by atoms with Crippen LogP contribution in [-0.4, -0.2) is 30.3 Å². The minimum atomic E-state index is -4.76. The van der Waals surface area contributed by atoms with E-state index >= 15 is 0 Å². The summed E-state index contributed by atoms with van der Waals surface area (Å²) in [7, 11) is 1.43. The lowest BCUT2D eigenvalue weighted by Crippen LogP contribution is -2.45. The minimum Gasteiger partial charge on any atom is -0.493 e. The number of ether oxygens (including phenoxy) is 2. The van der Waals surface area contributed by atoms with E-state index < -0.39 is 35.4 Å². The maximum Gasteiger partial charge on any atom is 0.417 e. The number of nitrogens with zero attached hydrogens (tertiary/aromatic N) is 1. The maximum atomic E-state index is 13.0. The van der Waals surface area contributed by atoms with Gasteiger partial charge in [-0.25, -0.2) is 0 Å². The number of amides is 1. The largest absolute Gasteiger partial charge is 0.493 e. The molecule has 0 saturated carbocycles. The average molecular weight is 394 g/mol. The van der Waals surface area contributed by atoms with Gasteiger partial charge in [0, 0.05) is 5.69 Å². The SMILES string of the molecule is COc1ccccc1OC[C@](C)(O)C(=O)Nc1ccc(C#N)c(C(F)(F)F)c1. The van der Waals surface area contributed by atoms with Crippen LogP contribution in [0, 0.1) is 11.3 Å². The van der Waals surface area contributed by atoms with Crippen LogP contribution < -0.4 is 14.8 Å². The van der Waals surface area contributed by atoms with Crippen molar-refractivity contribution in [2.45, 2.75) is 18.7 Å². The number of para-hydroxylation sites is 2. The molecule has 148 valence electrons. The van der Waals surface area contributed by atoms with Crippen LogP contribution in [0.3, 0.4) is 0 Å². The molecule has 0 aromatic heterocycles. The fraction of sp³-hybridized carbons (Fsp3) is 0.263. The predicted octanol–water partition coefficient (Wildman–Crippen LogP) is 3.35. The van der Waals surface area contributed by atoms with Crippen molar-refractivity contribution in [1.82, 2.24) is 0 Å². The first-order valence-corrected chi connectivity index (χ1v) is 7.99. The number of carbonyl (C=O) groups excluding carboxylic acids is 1. The topological polar surface area (TPSA) is 91.6 Å². The lowest BCUT2D eigenvalue weighted by atomic mass is 10.1. The minimum absolute atomic E-state index is 0.214. The molecule has 2 rings (SSSR count). The Morgan fingerprint density at radius 1 is 1.21 bits per heavy atom. The number of anilines is 1. The van der Waals surface area contributed by atoms with Gasteiger partial charge in [0.25, 0.3) is 5.91 Å². The van der Waals surface area contributed by atoms with Gasteiger partial charge in [0.05, 0.1) is 24.3 Å². The molecule has 0 heterocycles. The van der Waals surface area contributed by atoms with Gasteiger partial charge >= 0.3 is 6.18 Å². The van der Waals surface area contributed by atoms with E-state index in [9.17, 15) is 23.1 Å². The summed E-state index contributed by atoms with van der Waals surface area (Å²) in [4.78, 5) is 12.3. The Morgan fingerprint density at radius 2 is 1.86 bits per heavy atom. The first-order chi connectivity index (χ1) is 13.1. The summed E-state index contributed by atoms with van der Waals surface area (Å²) >= 11 is 0. The van der Waals surface area contributed by atoms with Crippen molar-refractivity contribution in [3.8, 4) is 17.6 Å². The molecule has 6 nitrogen and oxygen atoms in total. The number of methoxy groups -OCH3 is 1. The van der Waals surface area contributed by atoms with Crippen LogP contribution in [0.4, 0.5) is 18.9 Å². The van der Waals surface area contributed by atoms with Gasteiger partial charge in [-0.05, 0) is 37.3 Å². The van der Waals surface area contributed by atoms with E-state index in [0.29, 0.717) is 11.8 Å². The van der Waals surface area contributed by atoms with Crippen molar-refractivity contribution < 1.29 is 32.5 Å². The quantitative estimate of drug-likeness (QED) is 0.784. The zero-order chi connectivity index (χ0) is 20.9. The van der Waals surface area contributed by atoms with Crippen LogP contribution in [-0.2, 0) is 11.0 Å². The molecule has 2 aromatic rings. The summed E-state index contributed by atoms with van der Waals surface area (Å²) < 4.78 is 49.6. The number of rotatable bonds is 6. The summed E-state index contributed by atoms with van der Waals surface area (Å²) in [5, 5.41) is 21.3. The molecule has 9 heteroatoms. The first kappa shape index (κ1) is 21.1. The van der Waals surface area contributed by atoms with Crippen molar-refractivity contribution in [3.63, 3.8) is 0 Å². The van der Waals surface area contributed by atoms with E-state index in [1.165, 1.54) is 13.2 Å². The Labute approximate surface area is 159 Å². The summed E-state index contributed by atoms with van der Waals surface area (Å²) in [5.41, 5.74) is -4.02. The van der Waals surface area contributed by atoms with Crippen LogP contribution in [0.2, 0.25) is 0 Å². The second-order valence-corrected chi connectivity index (χ2v) is 6.04. The molecule has 2 N–H and O–H groups in total. The molecule has 0 aliphatic rings. The van der Waals surface area contributed by atoms with Crippen LogP contribution in [0.1, 0.15) is 18.1 Å². The van der Waals surface area contributed by atoms with E-state index in [4.69, 9.17) is 14.7 Å². The van der Waals surface area contributed by atoms with Gasteiger partial charge in [-0.3, -0.25) is 4.79 Å². The Kier molecular flexibility index (Phi) is 6.16. The lowest BCUT2D eigenvalue weighted by Gasteiger charge is -2.23. The molecule has 0 saturated heterocycles. The van der Waals surface area contributed by atoms with Gasteiger partial charge in [-0.2, -0.15) is 18.4 Å². The third kappa shape index (κ3) is 4.92. The number of carbonyl (C=O) groups is 1. The number of hydrogen-bond acceptors (Lipinski definition) is 5. The number of nitriles is 1. The first-order valence-electron chi connectivity index (χ1n) is 7.99. The Morgan fingerprint density at radius 3 is 2.43 bits per heavy atom. The third-order valence-corrected chi connectivity index (χ3v) is 3.77. The standard InChI is InChI=1S/C19H17F3N2O4/c1-18(26,11-28-16-6-4-3-5-15(16)27-2)17(25)24-13-8-7-12(10-23)14(9-13)19(20,21)22/h3-9,26H,11H2,1-2H3,(H,24,25)/t18-/m0/s1. The van der Waals surface area contributed by atoms with E-state index in [0.717, 1.165) is 19.1 Å². The lowest BCUT2D eigenvalue weighted by molar-refractivity contribution is -0.138. The van der Waals surface area contributed by atoms with Crippen molar-refractivity contribution in [3.05, 3.63) is 53.6 Å². The number of hydrogen-bond donors (Lipinski definition) is 2. The van der Waals surface area contributed by atoms with Crippen LogP contribution >= 0.6 is 0 Å². The second kappa shape index (κ2) is 8.19. The van der Waals surface area contributed by atoms with Crippen molar-refractivity contribution in [2.24, 2.45) is 0 Å². The molecule has 0 aliphatic carbocycles. The van der Waals surface area contributed by atoms with E-state index in [2.05, 4.69) is 5.32 Å². The van der Waals surface area contributed by atoms with Crippen LogP contribution in [0.5, 0.6) is 11.5 Å². The molecule has 0 fully saturated rings. The fourth-order valence-corrected chi connectivity index (χ4v) is 2.24. The van der Waals surface area contributed by atoms with Crippen molar-refractivity contribution >= 4 is 11.6 Å². The molecule has 2 aromatic carbocycles. The zero-order valence-electron chi connectivity index (χ0n) is 15.0. The Balaban J connectivity index is 2.14. The molecule has 0 unspecified atom stereocenters. The monoisotopic (exact) mass is 394 g/mol. The maximum absolute atomic E-state index is 13.0. The Bertz CT molecular complexity index is 905. The number of alkyl halides is 3. The van der Waals surface area contributed by atoms with Gasteiger partial charge < -0.3 is 19.9 Å². The molecule has 0 radical (unpaired) electrons. The molecule has 0 spiro atoms. The van der Waals surface area contributed by atoms with E-state index in [1.54, 1.807) is 24.3 Å². The van der Waals surface area contributed by atoms with Crippen molar-refractivity contribution in [1.29, 1.82) is 5.26 Å². The summed E-state index contributed by atoms with van der Waals surface area (Å²) in [6.07, 6.45) is -4.76. The fourth-order valence-electron chi connectivity index (χ4n) is 2.24. The van der Waals surface area contributed by atoms with Gasteiger partial charge in [-0.1, -0.05) is 12.1 Å². The Hall–Kier alpha value is -3.25. The normalized spacial score (nSPS) is 13.2. The predicted molar refractivity (Wildman–Crippen MR) is 93.9 cm³/mol. The highest BCUT2D eigenvalue weighted by molar-refractivity contribution is 5.97. The van der Waals surface area contributed by atoms with Gasteiger partial charge in [0.1, 0.15) is 6.61 Å². The van der Waals surface area contributed by atoms with Gasteiger partial charge in [0.15, 0.2) is 17.1 Å². The highest BCUT2D eigenvalue weighted by atomic mass is 19.4. The average Bonchev–Trinajstić information content (AvgIpc) is 2.65. The molecular weight excluding hydrogens is 377 g/mol. The smallest absolute Gasteiger partial charge is 0.417 e. The molecule has 28 heavy (non-hydrogen) atoms. The number of halogens is 3. The van der Waals surface area contributed by atoms with Crippen LogP contribution in [0.15, 0.2) is 42.5 Å². The molecule has 1 amide bonds. The molecule has 0 aliphatic heterocycles. The van der Waals surface area contributed by atoms with Gasteiger partial charge in [-0.15, -0.1) is 0 Å². The summed E-state index contributed by atoms with van der Waals surface area (Å²) in [6, 6.07) is 10.7. The highest BCUT2D eigenvalue weighted by Crippen LogP contribution is 2.33. The second-order valence-electron chi connectivity index (χ2n) is 6.04. The molecule has 1 atom stereocenters. The molecular formula is C19H17F3N2O4. The summed E-state index contributed by atoms with van der Waals surface area (Å²) in [6.45, 7) is 0.688. The third-order valence-electron chi connectivity index (χ3n) is 3.77. The van der Waals surface area contributed by atoms with E-state index in [1.807, 2.05) is 0 Å².